The third-order valence-electron chi connectivity index (χ3n) is 4.37. The summed E-state index contributed by atoms with van der Waals surface area (Å²) in [7, 11) is -4.64. The first-order valence-corrected chi connectivity index (χ1v) is 11.9. The molecule has 3 aromatic heterocycles. The number of rotatable bonds is 12. The summed E-state index contributed by atoms with van der Waals surface area (Å²) in [5.41, 5.74) is 7.63. The first-order valence-electron chi connectivity index (χ1n) is 10.4. The van der Waals surface area contributed by atoms with Crippen molar-refractivity contribution in [3.63, 3.8) is 0 Å². The van der Waals surface area contributed by atoms with Crippen molar-refractivity contribution in [3.8, 4) is 11.3 Å². The highest BCUT2D eigenvalue weighted by molar-refractivity contribution is 7.46. The quantitative estimate of drug-likeness (QED) is 0.161. The Balaban J connectivity index is 1.75. The Morgan fingerprint density at radius 3 is 2.89 bits per heavy atom. The number of pyridine rings is 1. The Hall–Kier alpha value is -3.61. The van der Waals surface area contributed by atoms with E-state index in [-0.39, 0.29) is 17.2 Å². The molecule has 0 saturated carbocycles. The largest absolute Gasteiger partial charge is 0.471 e. The molecule has 0 saturated heterocycles. The van der Waals surface area contributed by atoms with Gasteiger partial charge in [-0.2, -0.15) is 5.10 Å². The number of ether oxygens (including phenoxy) is 1. The van der Waals surface area contributed by atoms with Gasteiger partial charge in [-0.05, 0) is 31.2 Å². The molecule has 13 nitrogen and oxygen atoms in total. The number of nitrogens with zero attached hydrogens (tertiary/aromatic N) is 4. The molecule has 0 aliphatic heterocycles. The molecule has 0 bridgehead atoms. The van der Waals surface area contributed by atoms with Crippen LogP contribution >= 0.6 is 7.82 Å². The zero-order valence-corrected chi connectivity index (χ0v) is 19.7. The molecule has 0 radical (unpaired) electrons. The van der Waals surface area contributed by atoms with E-state index in [0.29, 0.717) is 36.8 Å². The third kappa shape index (κ3) is 7.98. The Morgan fingerprint density at radius 2 is 2.17 bits per heavy atom. The molecule has 0 aliphatic rings. The highest BCUT2D eigenvalue weighted by Crippen LogP contribution is 2.36. The molecule has 3 rings (SSSR count). The molecule has 3 heterocycles. The van der Waals surface area contributed by atoms with Gasteiger partial charge in [0, 0.05) is 25.2 Å². The highest BCUT2D eigenvalue weighted by Gasteiger charge is 2.17. The second-order valence-electron chi connectivity index (χ2n) is 6.91. The first-order chi connectivity index (χ1) is 16.8. The number of phosphoric ester groups is 1. The van der Waals surface area contributed by atoms with Crippen molar-refractivity contribution < 1.29 is 32.8 Å². The van der Waals surface area contributed by atoms with E-state index < -0.39 is 20.5 Å². The third-order valence-corrected chi connectivity index (χ3v) is 4.83. The summed E-state index contributed by atoms with van der Waals surface area (Å²) in [6, 6.07) is 8.24. The van der Waals surface area contributed by atoms with Crippen molar-refractivity contribution in [1.82, 2.24) is 20.1 Å². The van der Waals surface area contributed by atoms with Crippen molar-refractivity contribution in [3.05, 3.63) is 66.1 Å². The number of hydrogen-bond acceptors (Lipinski definition) is 9. The van der Waals surface area contributed by atoms with Crippen LogP contribution in [0.1, 0.15) is 23.2 Å². The fourth-order valence-electron chi connectivity index (χ4n) is 2.74. The van der Waals surface area contributed by atoms with Crippen LogP contribution in [0.3, 0.4) is 0 Å². The number of nitrogens with two attached hydrogens (primary N) is 1. The summed E-state index contributed by atoms with van der Waals surface area (Å²) in [5, 5.41) is 6.63. The van der Waals surface area contributed by atoms with Crippen LogP contribution in [0.4, 0.5) is 0 Å². The summed E-state index contributed by atoms with van der Waals surface area (Å²) < 4.78 is 27.3. The maximum atomic E-state index is 12.9. The maximum absolute atomic E-state index is 12.9. The second kappa shape index (κ2) is 12.2. The van der Waals surface area contributed by atoms with Crippen LogP contribution in [0.25, 0.3) is 17.0 Å². The van der Waals surface area contributed by atoms with Crippen LogP contribution in [-0.4, -0.2) is 56.4 Å². The number of hydrogen-bond donors (Lipinski definition) is 4. The lowest BCUT2D eigenvalue weighted by molar-refractivity contribution is 0.0941. The smallest absolute Gasteiger partial charge is 0.451 e. The van der Waals surface area contributed by atoms with Crippen molar-refractivity contribution in [1.29, 1.82) is 0 Å². The van der Waals surface area contributed by atoms with Crippen LogP contribution in [-0.2, 0) is 20.6 Å². The van der Waals surface area contributed by atoms with Gasteiger partial charge >= 0.3 is 7.82 Å². The summed E-state index contributed by atoms with van der Waals surface area (Å²) >= 11 is 0. The van der Waals surface area contributed by atoms with Crippen LogP contribution in [0, 0.1) is 0 Å². The molecule has 35 heavy (non-hydrogen) atoms. The molecule has 0 aliphatic carbocycles. The molecule has 186 valence electrons. The van der Waals surface area contributed by atoms with Gasteiger partial charge in [-0.25, -0.2) is 9.25 Å². The maximum Gasteiger partial charge on any atom is 0.471 e. The summed E-state index contributed by atoms with van der Waals surface area (Å²) in [6.45, 7) is 2.80. The van der Waals surface area contributed by atoms with Crippen molar-refractivity contribution in [2.75, 3.05) is 19.8 Å². The van der Waals surface area contributed by atoms with Gasteiger partial charge in [-0.1, -0.05) is 6.07 Å². The standard InChI is InChI=1S/C21H25N6O7P/c1-2-32-10-9-23-12-17(20(22)16-5-3-4-8-24-16)26-21(28)19-7-6-18(34-19)15-11-25-27(13-15)14-33-35(29,30)31/h3-8,11-13H,2,9-10,14,22H2,1H3,(H,26,28)(H2,29,30,31). The van der Waals surface area contributed by atoms with E-state index in [1.54, 1.807) is 30.5 Å². The highest BCUT2D eigenvalue weighted by atomic mass is 31.2. The lowest BCUT2D eigenvalue weighted by atomic mass is 10.2. The fraction of sp³-hybridized carbons (Fsp3) is 0.238. The lowest BCUT2D eigenvalue weighted by Gasteiger charge is -2.09. The summed E-state index contributed by atoms with van der Waals surface area (Å²) in [6.07, 6.45) is 5.87. The Bertz CT molecular complexity index is 1230. The molecule has 5 N–H and O–H groups in total. The lowest BCUT2D eigenvalue weighted by Crippen LogP contribution is -2.26. The number of allylic oxidation sites excluding steroid dienone is 1. The number of aromatic nitrogens is 3. The normalized spacial score (nSPS) is 12.7. The topological polar surface area (TPSA) is 187 Å². The molecule has 3 aromatic rings. The summed E-state index contributed by atoms with van der Waals surface area (Å²) in [5.74, 6) is -0.266. The minimum atomic E-state index is -4.64. The summed E-state index contributed by atoms with van der Waals surface area (Å²) in [4.78, 5) is 38.9. The predicted octanol–water partition coefficient (Wildman–Crippen LogP) is 1.77. The fourth-order valence-corrected chi connectivity index (χ4v) is 3.01. The molecule has 0 aromatic carbocycles. The Kier molecular flexibility index (Phi) is 9.06. The molecule has 0 unspecified atom stereocenters. The predicted molar refractivity (Wildman–Crippen MR) is 126 cm³/mol. The number of carbonyl (C=O) groups is 1. The molecule has 0 spiro atoms. The number of furan rings is 1. The minimum Gasteiger partial charge on any atom is -0.451 e. The molecule has 1 amide bonds. The number of carbonyl (C=O) groups excluding carboxylic acids is 1. The van der Waals surface area contributed by atoms with Gasteiger partial charge in [0.1, 0.15) is 5.76 Å². The van der Waals surface area contributed by atoms with Gasteiger partial charge in [0.05, 0.1) is 42.0 Å². The van der Waals surface area contributed by atoms with Gasteiger partial charge in [-0.15, -0.1) is 0 Å². The Labute approximate surface area is 200 Å². The zero-order valence-electron chi connectivity index (χ0n) is 18.8. The molecule has 14 heteroatoms. The SMILES string of the molecule is CCOCCN=CC(NC(=O)c1ccc(-c2cnn(COP(=O)(O)O)c2)o1)=C(N)c1ccccn1. The average Bonchev–Trinajstić information content (AvgIpc) is 3.51. The minimum absolute atomic E-state index is 0.00625. The van der Waals surface area contributed by atoms with Crippen molar-refractivity contribution >= 4 is 25.6 Å². The van der Waals surface area contributed by atoms with E-state index in [9.17, 15) is 9.36 Å². The van der Waals surface area contributed by atoms with Gasteiger partial charge in [-0.3, -0.25) is 19.3 Å². The van der Waals surface area contributed by atoms with Gasteiger partial charge in [0.2, 0.25) is 0 Å². The Morgan fingerprint density at radius 1 is 1.34 bits per heavy atom. The number of amides is 1. The van der Waals surface area contributed by atoms with Crippen molar-refractivity contribution in [2.45, 2.75) is 13.7 Å². The van der Waals surface area contributed by atoms with E-state index in [1.165, 1.54) is 29.4 Å². The number of phosphoric acid groups is 1. The second-order valence-corrected chi connectivity index (χ2v) is 8.15. The van der Waals surface area contributed by atoms with Crippen LogP contribution in [0.2, 0.25) is 0 Å². The van der Waals surface area contributed by atoms with E-state index in [0.717, 1.165) is 0 Å². The average molecular weight is 504 g/mol. The van der Waals surface area contributed by atoms with Gasteiger partial charge in [0.25, 0.3) is 5.91 Å². The van der Waals surface area contributed by atoms with E-state index in [2.05, 4.69) is 24.9 Å². The molecule has 0 atom stereocenters. The van der Waals surface area contributed by atoms with Crippen molar-refractivity contribution in [2.24, 2.45) is 10.7 Å². The van der Waals surface area contributed by atoms with Crippen LogP contribution in [0.15, 0.2) is 64.0 Å². The van der Waals surface area contributed by atoms with Crippen LogP contribution < -0.4 is 11.1 Å². The number of aliphatic imine (C=N–C) groups is 1. The van der Waals surface area contributed by atoms with Crippen LogP contribution in [0.5, 0.6) is 0 Å². The number of nitrogens with one attached hydrogen (secondary N) is 1. The van der Waals surface area contributed by atoms with Gasteiger partial charge < -0.3 is 30.0 Å². The monoisotopic (exact) mass is 504 g/mol. The van der Waals surface area contributed by atoms with E-state index >= 15 is 0 Å². The molecule has 0 fully saturated rings. The molecular weight excluding hydrogens is 479 g/mol. The first kappa shape index (κ1) is 26.0. The zero-order chi connectivity index (χ0) is 25.3. The van der Waals surface area contributed by atoms with Gasteiger partial charge in [0.15, 0.2) is 12.5 Å². The molecular formula is C21H25N6O7P. The van der Waals surface area contributed by atoms with E-state index in [4.69, 9.17) is 24.7 Å². The van der Waals surface area contributed by atoms with E-state index in [1.807, 2.05) is 6.92 Å².